The minimum Gasteiger partial charge on any atom is -0.492 e. The second-order valence-electron chi connectivity index (χ2n) is 7.37. The van der Waals surface area contributed by atoms with Crippen molar-refractivity contribution in [2.45, 2.75) is 47.6 Å². The lowest BCUT2D eigenvalue weighted by Crippen LogP contribution is -2.21. The molecule has 2 N–H and O–H groups in total. The van der Waals surface area contributed by atoms with Gasteiger partial charge in [0.2, 0.25) is 5.82 Å². The van der Waals surface area contributed by atoms with Crippen LogP contribution in [0, 0.1) is 13.8 Å². The molecule has 0 saturated carbocycles. The summed E-state index contributed by atoms with van der Waals surface area (Å²) >= 11 is 1.73. The molecule has 2 heterocycles. The molecule has 0 unspecified atom stereocenters. The predicted molar refractivity (Wildman–Crippen MR) is 123 cm³/mol. The fourth-order valence-electron chi connectivity index (χ4n) is 3.48. The number of benzene rings is 1. The van der Waals surface area contributed by atoms with E-state index >= 15 is 0 Å². The van der Waals surface area contributed by atoms with E-state index in [9.17, 15) is 0 Å². The Bertz CT molecular complexity index is 976. The highest BCUT2D eigenvalue weighted by atomic mass is 32.1. The maximum absolute atomic E-state index is 5.85. The molecule has 30 heavy (non-hydrogen) atoms. The van der Waals surface area contributed by atoms with Gasteiger partial charge < -0.3 is 15.0 Å². The van der Waals surface area contributed by atoms with Gasteiger partial charge in [-0.2, -0.15) is 4.98 Å². The van der Waals surface area contributed by atoms with E-state index in [0.29, 0.717) is 24.9 Å². The van der Waals surface area contributed by atoms with Crippen LogP contribution in [-0.2, 0) is 13.0 Å². The van der Waals surface area contributed by atoms with Crippen molar-refractivity contribution in [2.75, 3.05) is 26.2 Å². The molecule has 1 aromatic carbocycles. The molecule has 0 aliphatic carbocycles. The fourth-order valence-corrected chi connectivity index (χ4v) is 4.62. The Labute approximate surface area is 183 Å². The normalized spacial score (nSPS) is 11.4. The summed E-state index contributed by atoms with van der Waals surface area (Å²) in [6.45, 7) is 14.7. The second kappa shape index (κ2) is 10.2. The third-order valence-electron chi connectivity index (χ3n) is 5.27. The SMILES string of the molecule is CCc1cc(-c2noc(-c3cc(C)c(CN(CC)CC)s3)n2)cc(C)c1OCCN. The predicted octanol–water partition coefficient (Wildman–Crippen LogP) is 4.82. The van der Waals surface area contributed by atoms with Crippen molar-refractivity contribution in [3.05, 3.63) is 39.8 Å². The monoisotopic (exact) mass is 428 g/mol. The second-order valence-corrected chi connectivity index (χ2v) is 8.51. The van der Waals surface area contributed by atoms with Crippen molar-refractivity contribution in [3.8, 4) is 27.9 Å². The minimum absolute atomic E-state index is 0.495. The molecule has 3 rings (SSSR count). The molecule has 6 nitrogen and oxygen atoms in total. The van der Waals surface area contributed by atoms with Gasteiger partial charge in [-0.1, -0.05) is 25.9 Å². The largest absolute Gasteiger partial charge is 0.492 e. The molecule has 0 atom stereocenters. The summed E-state index contributed by atoms with van der Waals surface area (Å²) in [6, 6.07) is 6.28. The molecule has 0 fully saturated rings. The molecule has 0 saturated heterocycles. The zero-order valence-electron chi connectivity index (χ0n) is 18.6. The van der Waals surface area contributed by atoms with E-state index in [1.165, 1.54) is 10.4 Å². The van der Waals surface area contributed by atoms with Gasteiger partial charge in [0, 0.05) is 23.5 Å². The molecule has 3 aromatic rings. The third-order valence-corrected chi connectivity index (χ3v) is 6.48. The molecular weight excluding hydrogens is 396 g/mol. The van der Waals surface area contributed by atoms with Crippen molar-refractivity contribution in [1.29, 1.82) is 0 Å². The summed E-state index contributed by atoms with van der Waals surface area (Å²) in [6.07, 6.45) is 0.859. The van der Waals surface area contributed by atoms with Crippen LogP contribution in [-0.4, -0.2) is 41.3 Å². The van der Waals surface area contributed by atoms with Crippen LogP contribution in [0.2, 0.25) is 0 Å². The lowest BCUT2D eigenvalue weighted by Gasteiger charge is -2.17. The van der Waals surface area contributed by atoms with Gasteiger partial charge in [-0.15, -0.1) is 11.3 Å². The van der Waals surface area contributed by atoms with Gasteiger partial charge in [-0.3, -0.25) is 4.90 Å². The molecule has 0 aliphatic heterocycles. The topological polar surface area (TPSA) is 77.4 Å². The molecule has 0 bridgehead atoms. The lowest BCUT2D eigenvalue weighted by molar-refractivity contribution is 0.298. The highest BCUT2D eigenvalue weighted by Crippen LogP contribution is 2.34. The average molecular weight is 429 g/mol. The molecule has 0 amide bonds. The summed E-state index contributed by atoms with van der Waals surface area (Å²) in [5, 5.41) is 4.25. The maximum Gasteiger partial charge on any atom is 0.268 e. The number of rotatable bonds is 10. The van der Waals surface area contributed by atoms with Crippen LogP contribution in [0.3, 0.4) is 0 Å². The Balaban J connectivity index is 1.87. The van der Waals surface area contributed by atoms with Gasteiger partial charge in [0.15, 0.2) is 0 Å². The van der Waals surface area contributed by atoms with Gasteiger partial charge in [-0.25, -0.2) is 0 Å². The average Bonchev–Trinajstić information content (AvgIpc) is 3.37. The Morgan fingerprint density at radius 1 is 1.10 bits per heavy atom. The molecule has 0 radical (unpaired) electrons. The molecular formula is C23H32N4O2S. The Morgan fingerprint density at radius 3 is 2.53 bits per heavy atom. The van der Waals surface area contributed by atoms with Crippen LogP contribution in [0.4, 0.5) is 0 Å². The van der Waals surface area contributed by atoms with E-state index in [1.54, 1.807) is 11.3 Å². The van der Waals surface area contributed by atoms with Crippen molar-refractivity contribution >= 4 is 11.3 Å². The zero-order valence-corrected chi connectivity index (χ0v) is 19.4. The first kappa shape index (κ1) is 22.5. The lowest BCUT2D eigenvalue weighted by atomic mass is 10.0. The summed E-state index contributed by atoms with van der Waals surface area (Å²) in [5.74, 6) is 2.08. The van der Waals surface area contributed by atoms with E-state index < -0.39 is 0 Å². The zero-order chi connectivity index (χ0) is 21.7. The number of hydrogen-bond acceptors (Lipinski definition) is 7. The van der Waals surface area contributed by atoms with Gasteiger partial charge in [0.1, 0.15) is 12.4 Å². The van der Waals surface area contributed by atoms with Gasteiger partial charge in [-0.05, 0) is 68.2 Å². The van der Waals surface area contributed by atoms with Crippen molar-refractivity contribution in [3.63, 3.8) is 0 Å². The maximum atomic E-state index is 5.85. The number of nitrogens with zero attached hydrogens (tertiary/aromatic N) is 3. The number of aromatic nitrogens is 2. The molecule has 2 aromatic heterocycles. The first-order valence-electron chi connectivity index (χ1n) is 10.6. The quantitative estimate of drug-likeness (QED) is 0.499. The number of thiophene rings is 1. The highest BCUT2D eigenvalue weighted by molar-refractivity contribution is 7.15. The van der Waals surface area contributed by atoms with E-state index in [0.717, 1.165) is 53.4 Å². The summed E-state index contributed by atoms with van der Waals surface area (Å²) in [4.78, 5) is 9.46. The molecule has 0 spiro atoms. The van der Waals surface area contributed by atoms with Crippen LogP contribution in [0.5, 0.6) is 5.75 Å². The molecule has 7 heteroatoms. The van der Waals surface area contributed by atoms with Gasteiger partial charge in [0.05, 0.1) is 4.88 Å². The minimum atomic E-state index is 0.495. The Morgan fingerprint density at radius 2 is 1.87 bits per heavy atom. The number of ether oxygens (including phenoxy) is 1. The van der Waals surface area contributed by atoms with Crippen LogP contribution in [0.25, 0.3) is 22.2 Å². The summed E-state index contributed by atoms with van der Waals surface area (Å²) in [5.41, 5.74) is 9.98. The summed E-state index contributed by atoms with van der Waals surface area (Å²) in [7, 11) is 0. The number of nitrogens with two attached hydrogens (primary N) is 1. The van der Waals surface area contributed by atoms with Crippen molar-refractivity contribution < 1.29 is 9.26 Å². The van der Waals surface area contributed by atoms with Crippen LogP contribution >= 0.6 is 11.3 Å². The fraction of sp³-hybridized carbons (Fsp3) is 0.478. The smallest absolute Gasteiger partial charge is 0.268 e. The molecule has 162 valence electrons. The first-order chi connectivity index (χ1) is 14.5. The van der Waals surface area contributed by atoms with E-state index in [-0.39, 0.29) is 0 Å². The van der Waals surface area contributed by atoms with Gasteiger partial charge in [0.25, 0.3) is 5.89 Å². The van der Waals surface area contributed by atoms with Crippen LogP contribution in [0.15, 0.2) is 22.7 Å². The van der Waals surface area contributed by atoms with Gasteiger partial charge >= 0.3 is 0 Å². The van der Waals surface area contributed by atoms with E-state index in [2.05, 4.69) is 49.9 Å². The number of aryl methyl sites for hydroxylation is 3. The van der Waals surface area contributed by atoms with E-state index in [4.69, 9.17) is 20.0 Å². The van der Waals surface area contributed by atoms with Crippen LogP contribution < -0.4 is 10.5 Å². The molecule has 0 aliphatic rings. The Hall–Kier alpha value is -2.22. The highest BCUT2D eigenvalue weighted by Gasteiger charge is 2.18. The first-order valence-corrected chi connectivity index (χ1v) is 11.4. The van der Waals surface area contributed by atoms with Crippen LogP contribution in [0.1, 0.15) is 42.3 Å². The Kier molecular flexibility index (Phi) is 7.64. The third kappa shape index (κ3) is 4.91. The standard InChI is InChI=1S/C23H32N4O2S/c1-6-17-13-18(11-16(5)21(17)28-10-9-24)22-25-23(29-26-22)19-12-15(4)20(30-19)14-27(7-2)8-3/h11-13H,6-10,14,24H2,1-5H3. The van der Waals surface area contributed by atoms with Crippen molar-refractivity contribution in [1.82, 2.24) is 15.0 Å². The van der Waals surface area contributed by atoms with Crippen molar-refractivity contribution in [2.24, 2.45) is 5.73 Å². The van der Waals surface area contributed by atoms with E-state index in [1.807, 2.05) is 13.0 Å². The summed E-state index contributed by atoms with van der Waals surface area (Å²) < 4.78 is 11.5. The number of hydrogen-bond donors (Lipinski definition) is 1.